The fourth-order valence-corrected chi connectivity index (χ4v) is 2.23. The van der Waals surface area contributed by atoms with E-state index in [1.54, 1.807) is 0 Å². The average Bonchev–Trinajstić information content (AvgIpc) is 2.25. The van der Waals surface area contributed by atoms with Gasteiger partial charge in [0.05, 0.1) is 12.0 Å². The highest BCUT2D eigenvalue weighted by atomic mass is 16.2. The number of hydrogen-bond donors (Lipinski definition) is 0. The van der Waals surface area contributed by atoms with Crippen LogP contribution in [-0.4, -0.2) is 17.9 Å². The second-order valence-corrected chi connectivity index (χ2v) is 3.82. The van der Waals surface area contributed by atoms with Crippen LogP contribution in [0.3, 0.4) is 0 Å². The van der Waals surface area contributed by atoms with Crippen molar-refractivity contribution in [3.63, 3.8) is 0 Å². The molecule has 1 aromatic rings. The molecule has 2 rings (SSSR count). The molecule has 2 nitrogen and oxygen atoms in total. The molecule has 14 heavy (non-hydrogen) atoms. The van der Waals surface area contributed by atoms with E-state index in [9.17, 15) is 4.79 Å². The molecule has 2 heteroatoms. The minimum atomic E-state index is 0.197. The molecule has 0 radical (unpaired) electrons. The van der Waals surface area contributed by atoms with Crippen molar-refractivity contribution in [2.24, 2.45) is 5.92 Å². The Kier molecular flexibility index (Phi) is 2.28. The fraction of sp³-hybridized carbons (Fsp3) is 0.417. The Morgan fingerprint density at radius 2 is 1.93 bits per heavy atom. The van der Waals surface area contributed by atoms with Crippen molar-refractivity contribution in [2.45, 2.75) is 19.4 Å². The number of carbonyl (C=O) groups excluding carboxylic acids is 1. The molecule has 1 amide bonds. The van der Waals surface area contributed by atoms with Gasteiger partial charge in [-0.1, -0.05) is 37.3 Å². The molecule has 0 aromatic heterocycles. The van der Waals surface area contributed by atoms with E-state index < -0.39 is 0 Å². The van der Waals surface area contributed by atoms with Gasteiger partial charge in [0.1, 0.15) is 0 Å². The van der Waals surface area contributed by atoms with E-state index in [0.29, 0.717) is 6.04 Å². The van der Waals surface area contributed by atoms with E-state index in [1.165, 1.54) is 5.56 Å². The fourth-order valence-electron chi connectivity index (χ4n) is 2.23. The highest BCUT2D eigenvalue weighted by Crippen LogP contribution is 2.40. The SMILES string of the molecule is CC[C@H]1C(=O)N(C)[C@@H]1c1ccccc1. The van der Waals surface area contributed by atoms with E-state index in [1.807, 2.05) is 30.1 Å². The molecule has 0 unspecified atom stereocenters. The summed E-state index contributed by atoms with van der Waals surface area (Å²) in [6, 6.07) is 10.5. The average molecular weight is 189 g/mol. The van der Waals surface area contributed by atoms with Gasteiger partial charge in [-0.2, -0.15) is 0 Å². The van der Waals surface area contributed by atoms with Crippen molar-refractivity contribution in [1.82, 2.24) is 4.90 Å². The van der Waals surface area contributed by atoms with Crippen molar-refractivity contribution < 1.29 is 4.79 Å². The van der Waals surface area contributed by atoms with E-state index in [2.05, 4.69) is 19.1 Å². The molecular formula is C12H15NO. The zero-order chi connectivity index (χ0) is 10.1. The number of rotatable bonds is 2. The van der Waals surface area contributed by atoms with Gasteiger partial charge in [-0.3, -0.25) is 4.79 Å². The van der Waals surface area contributed by atoms with Crippen molar-refractivity contribution in [3.05, 3.63) is 35.9 Å². The number of hydrogen-bond acceptors (Lipinski definition) is 1. The first-order valence-electron chi connectivity index (χ1n) is 5.07. The topological polar surface area (TPSA) is 20.3 Å². The van der Waals surface area contributed by atoms with Crippen LogP contribution in [0.5, 0.6) is 0 Å². The zero-order valence-corrected chi connectivity index (χ0v) is 8.60. The van der Waals surface area contributed by atoms with Crippen LogP contribution in [0.2, 0.25) is 0 Å². The molecule has 0 saturated carbocycles. The number of β-lactam (4-membered cyclic amide) rings is 1. The van der Waals surface area contributed by atoms with Gasteiger partial charge >= 0.3 is 0 Å². The predicted molar refractivity (Wildman–Crippen MR) is 55.7 cm³/mol. The standard InChI is InChI=1S/C12H15NO/c1-3-10-11(13(2)12(10)14)9-7-5-4-6-8-9/h4-8,10-11H,3H2,1-2H3/t10-,11-/m1/s1. The summed E-state index contributed by atoms with van der Waals surface area (Å²) in [6.45, 7) is 2.07. The van der Waals surface area contributed by atoms with Crippen LogP contribution in [0, 0.1) is 5.92 Å². The molecule has 1 aliphatic heterocycles. The van der Waals surface area contributed by atoms with Gasteiger partial charge in [-0.25, -0.2) is 0 Å². The summed E-state index contributed by atoms with van der Waals surface area (Å²) < 4.78 is 0. The summed E-state index contributed by atoms with van der Waals surface area (Å²) in [5, 5.41) is 0. The summed E-state index contributed by atoms with van der Waals surface area (Å²) in [7, 11) is 1.88. The van der Waals surface area contributed by atoms with Crippen molar-refractivity contribution in [1.29, 1.82) is 0 Å². The number of amides is 1. The lowest BCUT2D eigenvalue weighted by Gasteiger charge is -2.45. The molecule has 0 bridgehead atoms. The Labute approximate surface area is 84.5 Å². The van der Waals surface area contributed by atoms with Gasteiger partial charge in [0.2, 0.25) is 5.91 Å². The third-order valence-corrected chi connectivity index (χ3v) is 3.04. The van der Waals surface area contributed by atoms with E-state index in [0.717, 1.165) is 6.42 Å². The van der Waals surface area contributed by atoms with Crippen molar-refractivity contribution in [2.75, 3.05) is 7.05 Å². The first-order valence-corrected chi connectivity index (χ1v) is 5.07. The Morgan fingerprint density at radius 1 is 1.29 bits per heavy atom. The Balaban J connectivity index is 2.23. The van der Waals surface area contributed by atoms with Crippen LogP contribution in [0.15, 0.2) is 30.3 Å². The van der Waals surface area contributed by atoms with Crippen LogP contribution in [0.1, 0.15) is 24.9 Å². The molecule has 2 atom stereocenters. The lowest BCUT2D eigenvalue weighted by atomic mass is 9.81. The van der Waals surface area contributed by atoms with Gasteiger partial charge in [0, 0.05) is 7.05 Å². The maximum Gasteiger partial charge on any atom is 0.228 e. The smallest absolute Gasteiger partial charge is 0.228 e. The minimum Gasteiger partial charge on any atom is -0.338 e. The molecule has 1 aliphatic rings. The monoisotopic (exact) mass is 189 g/mol. The number of nitrogens with zero attached hydrogens (tertiary/aromatic N) is 1. The summed E-state index contributed by atoms with van der Waals surface area (Å²) in [4.78, 5) is 13.3. The summed E-state index contributed by atoms with van der Waals surface area (Å²) >= 11 is 0. The first-order chi connectivity index (χ1) is 6.75. The van der Waals surface area contributed by atoms with Gasteiger partial charge in [0.25, 0.3) is 0 Å². The Hall–Kier alpha value is -1.31. The first kappa shape index (κ1) is 9.25. The Morgan fingerprint density at radius 3 is 2.50 bits per heavy atom. The van der Waals surface area contributed by atoms with Gasteiger partial charge in [-0.15, -0.1) is 0 Å². The van der Waals surface area contributed by atoms with Crippen LogP contribution in [0.4, 0.5) is 0 Å². The van der Waals surface area contributed by atoms with E-state index >= 15 is 0 Å². The minimum absolute atomic E-state index is 0.197. The largest absolute Gasteiger partial charge is 0.338 e. The molecule has 0 N–H and O–H groups in total. The molecule has 1 heterocycles. The van der Waals surface area contributed by atoms with E-state index in [-0.39, 0.29) is 11.8 Å². The number of carbonyl (C=O) groups is 1. The molecule has 74 valence electrons. The zero-order valence-electron chi connectivity index (χ0n) is 8.60. The predicted octanol–water partition coefficient (Wildman–Crippen LogP) is 2.23. The van der Waals surface area contributed by atoms with Crippen LogP contribution in [-0.2, 0) is 4.79 Å². The van der Waals surface area contributed by atoms with Gasteiger partial charge in [0.15, 0.2) is 0 Å². The third-order valence-electron chi connectivity index (χ3n) is 3.04. The van der Waals surface area contributed by atoms with Gasteiger partial charge < -0.3 is 4.90 Å². The molecule has 0 aliphatic carbocycles. The van der Waals surface area contributed by atoms with Gasteiger partial charge in [-0.05, 0) is 12.0 Å². The lowest BCUT2D eigenvalue weighted by molar-refractivity contribution is -0.154. The highest BCUT2D eigenvalue weighted by molar-refractivity contribution is 5.86. The lowest BCUT2D eigenvalue weighted by Crippen LogP contribution is -2.52. The maximum absolute atomic E-state index is 11.5. The molecule has 1 fully saturated rings. The second-order valence-electron chi connectivity index (χ2n) is 3.82. The molecule has 0 spiro atoms. The summed E-state index contributed by atoms with van der Waals surface area (Å²) in [5.41, 5.74) is 1.25. The quantitative estimate of drug-likeness (QED) is 0.653. The van der Waals surface area contributed by atoms with Crippen LogP contribution in [0.25, 0.3) is 0 Å². The van der Waals surface area contributed by atoms with Crippen molar-refractivity contribution >= 4 is 5.91 Å². The second kappa shape index (κ2) is 3.45. The molecular weight excluding hydrogens is 174 g/mol. The van der Waals surface area contributed by atoms with Crippen molar-refractivity contribution in [3.8, 4) is 0 Å². The number of likely N-dealkylation sites (tertiary alicyclic amines) is 1. The normalized spacial score (nSPS) is 26.1. The number of benzene rings is 1. The summed E-state index contributed by atoms with van der Waals surface area (Å²) in [6.07, 6.45) is 0.933. The van der Waals surface area contributed by atoms with E-state index in [4.69, 9.17) is 0 Å². The highest BCUT2D eigenvalue weighted by Gasteiger charge is 2.43. The maximum atomic E-state index is 11.5. The molecule has 1 saturated heterocycles. The summed E-state index contributed by atoms with van der Waals surface area (Å²) in [5.74, 6) is 0.476. The van der Waals surface area contributed by atoms with Crippen LogP contribution >= 0.6 is 0 Å². The van der Waals surface area contributed by atoms with Crippen LogP contribution < -0.4 is 0 Å². The Bertz CT molecular complexity index is 333. The third kappa shape index (κ3) is 1.22. The molecule has 1 aromatic carbocycles.